The van der Waals surface area contributed by atoms with Crippen LogP contribution in [0.3, 0.4) is 0 Å². The van der Waals surface area contributed by atoms with Crippen LogP contribution in [0.5, 0.6) is 0 Å². The van der Waals surface area contributed by atoms with Crippen molar-refractivity contribution in [3.05, 3.63) is 59.7 Å². The highest BCUT2D eigenvalue weighted by Gasteiger charge is 2.30. The molecular weight excluding hydrogens is 352 g/mol. The summed E-state index contributed by atoms with van der Waals surface area (Å²) in [5.41, 5.74) is 14.8. The van der Waals surface area contributed by atoms with Crippen molar-refractivity contribution in [2.45, 2.75) is 38.8 Å². The van der Waals surface area contributed by atoms with E-state index in [-0.39, 0.29) is 23.7 Å². The molecule has 0 bridgehead atoms. The van der Waals surface area contributed by atoms with Gasteiger partial charge in [-0.15, -0.1) is 0 Å². The summed E-state index contributed by atoms with van der Waals surface area (Å²) < 4.78 is 0. The third kappa shape index (κ3) is 5.18. The van der Waals surface area contributed by atoms with Gasteiger partial charge in [0.1, 0.15) is 0 Å². The molecule has 0 atom stereocenters. The Bertz CT molecular complexity index is 725. The van der Waals surface area contributed by atoms with E-state index in [1.165, 1.54) is 0 Å². The third-order valence-electron chi connectivity index (χ3n) is 5.38. The van der Waals surface area contributed by atoms with Crippen molar-refractivity contribution < 1.29 is 9.59 Å². The molecule has 1 fully saturated rings. The van der Waals surface area contributed by atoms with E-state index >= 15 is 0 Å². The second-order valence-electron chi connectivity index (χ2n) is 7.33. The molecule has 0 saturated heterocycles. The van der Waals surface area contributed by atoms with Crippen molar-refractivity contribution in [3.8, 4) is 0 Å². The molecule has 0 unspecified atom stereocenters. The van der Waals surface area contributed by atoms with Gasteiger partial charge in [0.2, 0.25) is 11.8 Å². The van der Waals surface area contributed by atoms with E-state index in [9.17, 15) is 9.59 Å². The number of hydrogen-bond acceptors (Lipinski definition) is 4. The van der Waals surface area contributed by atoms with Crippen LogP contribution in [0.15, 0.2) is 48.5 Å². The summed E-state index contributed by atoms with van der Waals surface area (Å²) >= 11 is 0. The van der Waals surface area contributed by atoms with E-state index in [2.05, 4.69) is 10.6 Å². The van der Waals surface area contributed by atoms with Crippen molar-refractivity contribution in [2.75, 3.05) is 10.6 Å². The number of hydrogen-bond donors (Lipinski definition) is 4. The molecule has 3 rings (SSSR count). The zero-order valence-corrected chi connectivity index (χ0v) is 16.0. The van der Waals surface area contributed by atoms with Crippen molar-refractivity contribution in [3.63, 3.8) is 0 Å². The first-order valence-corrected chi connectivity index (χ1v) is 9.78. The van der Waals surface area contributed by atoms with Gasteiger partial charge in [0, 0.05) is 36.3 Å². The number of amides is 2. The molecule has 0 aromatic heterocycles. The molecule has 6 nitrogen and oxygen atoms in total. The van der Waals surface area contributed by atoms with Crippen LogP contribution in [0.1, 0.15) is 36.8 Å². The van der Waals surface area contributed by atoms with E-state index in [1.807, 2.05) is 48.5 Å². The molecule has 6 heteroatoms. The maximum Gasteiger partial charge on any atom is 0.227 e. The van der Waals surface area contributed by atoms with Crippen LogP contribution in [0.25, 0.3) is 0 Å². The molecule has 2 aromatic carbocycles. The molecule has 2 aromatic rings. The molecular formula is C22H28N4O2. The summed E-state index contributed by atoms with van der Waals surface area (Å²) in [6.07, 6.45) is 2.88. The Morgan fingerprint density at radius 1 is 0.679 bits per heavy atom. The highest BCUT2D eigenvalue weighted by Crippen LogP contribution is 2.30. The van der Waals surface area contributed by atoms with Gasteiger partial charge >= 0.3 is 0 Å². The summed E-state index contributed by atoms with van der Waals surface area (Å²) in [7, 11) is 0. The maximum absolute atomic E-state index is 12.5. The number of carbonyl (C=O) groups excluding carboxylic acids is 2. The number of benzene rings is 2. The Balaban J connectivity index is 1.47. The monoisotopic (exact) mass is 380 g/mol. The van der Waals surface area contributed by atoms with Crippen LogP contribution >= 0.6 is 0 Å². The molecule has 0 radical (unpaired) electrons. The van der Waals surface area contributed by atoms with E-state index in [1.54, 1.807) is 0 Å². The standard InChI is InChI=1S/C22H28N4O2/c23-13-15-1-9-19(10-2-15)25-21(27)17-5-7-18(8-6-17)22(28)26-20-11-3-16(14-24)4-12-20/h1-4,9-12,17-18H,5-8,13-14,23-24H2,(H,25,27)(H,26,28). The average molecular weight is 380 g/mol. The van der Waals surface area contributed by atoms with Crippen LogP contribution < -0.4 is 22.1 Å². The fourth-order valence-corrected chi connectivity index (χ4v) is 3.55. The second kappa shape index (κ2) is 9.48. The van der Waals surface area contributed by atoms with Gasteiger partial charge in [-0.3, -0.25) is 9.59 Å². The number of carbonyl (C=O) groups is 2. The summed E-state index contributed by atoms with van der Waals surface area (Å²) in [6.45, 7) is 0.967. The van der Waals surface area contributed by atoms with Crippen LogP contribution in [0.4, 0.5) is 11.4 Å². The average Bonchev–Trinajstić information content (AvgIpc) is 2.75. The molecule has 28 heavy (non-hydrogen) atoms. The lowest BCUT2D eigenvalue weighted by Crippen LogP contribution is -2.32. The number of anilines is 2. The first-order valence-electron chi connectivity index (χ1n) is 9.78. The minimum atomic E-state index is -0.0536. The second-order valence-corrected chi connectivity index (χ2v) is 7.33. The zero-order chi connectivity index (χ0) is 19.9. The van der Waals surface area contributed by atoms with E-state index in [0.717, 1.165) is 48.2 Å². The summed E-state index contributed by atoms with van der Waals surface area (Å²) in [6, 6.07) is 15.1. The number of nitrogens with one attached hydrogen (secondary N) is 2. The molecule has 0 heterocycles. The Hall–Kier alpha value is -2.70. The third-order valence-corrected chi connectivity index (χ3v) is 5.38. The van der Waals surface area contributed by atoms with Gasteiger partial charge in [0.25, 0.3) is 0 Å². The number of nitrogens with two attached hydrogens (primary N) is 2. The lowest BCUT2D eigenvalue weighted by atomic mass is 9.81. The lowest BCUT2D eigenvalue weighted by molar-refractivity contribution is -0.125. The predicted molar refractivity (Wildman–Crippen MR) is 111 cm³/mol. The topological polar surface area (TPSA) is 110 Å². The molecule has 1 saturated carbocycles. The van der Waals surface area contributed by atoms with Crippen LogP contribution in [-0.4, -0.2) is 11.8 Å². The largest absolute Gasteiger partial charge is 0.326 e. The highest BCUT2D eigenvalue weighted by atomic mass is 16.2. The Morgan fingerprint density at radius 3 is 1.29 bits per heavy atom. The van der Waals surface area contributed by atoms with Crippen LogP contribution in [-0.2, 0) is 22.7 Å². The summed E-state index contributed by atoms with van der Waals surface area (Å²) in [5, 5.41) is 5.93. The summed E-state index contributed by atoms with van der Waals surface area (Å²) in [5.74, 6) is -0.0578. The normalized spacial score (nSPS) is 19.1. The van der Waals surface area contributed by atoms with Crippen molar-refractivity contribution in [1.29, 1.82) is 0 Å². The van der Waals surface area contributed by atoms with Crippen molar-refractivity contribution >= 4 is 23.2 Å². The Labute approximate surface area is 165 Å². The Morgan fingerprint density at radius 2 is 1.00 bits per heavy atom. The zero-order valence-electron chi connectivity index (χ0n) is 16.0. The SMILES string of the molecule is NCc1ccc(NC(=O)C2CCC(C(=O)Nc3ccc(CN)cc3)CC2)cc1. The first-order chi connectivity index (χ1) is 13.6. The van der Waals surface area contributed by atoms with Gasteiger partial charge in [-0.1, -0.05) is 24.3 Å². The summed E-state index contributed by atoms with van der Waals surface area (Å²) in [4.78, 5) is 25.0. The molecule has 148 valence electrons. The van der Waals surface area contributed by atoms with E-state index < -0.39 is 0 Å². The van der Waals surface area contributed by atoms with Crippen molar-refractivity contribution in [1.82, 2.24) is 0 Å². The van der Waals surface area contributed by atoms with Gasteiger partial charge in [0.15, 0.2) is 0 Å². The van der Waals surface area contributed by atoms with Gasteiger partial charge in [-0.05, 0) is 61.1 Å². The lowest BCUT2D eigenvalue weighted by Gasteiger charge is -2.27. The number of rotatable bonds is 6. The maximum atomic E-state index is 12.5. The minimum absolute atomic E-state index is 0.0247. The van der Waals surface area contributed by atoms with Gasteiger partial charge in [0.05, 0.1) is 0 Å². The molecule has 0 spiro atoms. The van der Waals surface area contributed by atoms with E-state index in [4.69, 9.17) is 11.5 Å². The van der Waals surface area contributed by atoms with Gasteiger partial charge in [-0.2, -0.15) is 0 Å². The molecule has 1 aliphatic rings. The predicted octanol–water partition coefficient (Wildman–Crippen LogP) is 2.99. The van der Waals surface area contributed by atoms with Gasteiger partial charge in [-0.25, -0.2) is 0 Å². The quantitative estimate of drug-likeness (QED) is 0.617. The first kappa shape index (κ1) is 20.0. The highest BCUT2D eigenvalue weighted by molar-refractivity contribution is 5.94. The molecule has 1 aliphatic carbocycles. The van der Waals surface area contributed by atoms with Crippen molar-refractivity contribution in [2.24, 2.45) is 23.3 Å². The van der Waals surface area contributed by atoms with E-state index in [0.29, 0.717) is 13.1 Å². The molecule has 0 aliphatic heterocycles. The van der Waals surface area contributed by atoms with Crippen LogP contribution in [0.2, 0.25) is 0 Å². The van der Waals surface area contributed by atoms with Gasteiger partial charge < -0.3 is 22.1 Å². The van der Waals surface area contributed by atoms with Crippen LogP contribution in [0, 0.1) is 11.8 Å². The molecule has 6 N–H and O–H groups in total. The Kier molecular flexibility index (Phi) is 6.79. The molecule has 2 amide bonds. The fourth-order valence-electron chi connectivity index (χ4n) is 3.55. The fraction of sp³-hybridized carbons (Fsp3) is 0.364. The minimum Gasteiger partial charge on any atom is -0.326 e. The smallest absolute Gasteiger partial charge is 0.227 e.